The van der Waals surface area contributed by atoms with Crippen LogP contribution in [0.3, 0.4) is 0 Å². The fraction of sp³-hybridized carbons (Fsp3) is 0. The van der Waals surface area contributed by atoms with E-state index in [-0.39, 0.29) is 5.96 Å². The highest BCUT2D eigenvalue weighted by molar-refractivity contribution is 9.10. The maximum Gasteiger partial charge on any atom is 0.230 e. The topological polar surface area (TPSA) is 98.9 Å². The second kappa shape index (κ2) is 7.06. The first-order valence-corrected chi connectivity index (χ1v) is 6.87. The van der Waals surface area contributed by atoms with Crippen molar-refractivity contribution in [3.05, 3.63) is 45.1 Å². The molecule has 0 aliphatic rings. The van der Waals surface area contributed by atoms with Crippen LogP contribution in [0.1, 0.15) is 11.5 Å². The van der Waals surface area contributed by atoms with Gasteiger partial charge in [-0.2, -0.15) is 10.2 Å². The summed E-state index contributed by atoms with van der Waals surface area (Å²) in [5.74, 6) is 1.02. The molecule has 9 heteroatoms. The van der Waals surface area contributed by atoms with Gasteiger partial charge in [-0.15, -0.1) is 0 Å². The average Bonchev–Trinajstić information content (AvgIpc) is 2.99. The number of guanidine groups is 1. The van der Waals surface area contributed by atoms with Gasteiger partial charge in [0, 0.05) is 0 Å². The van der Waals surface area contributed by atoms with Crippen molar-refractivity contribution in [1.29, 1.82) is 5.41 Å². The molecule has 0 aromatic carbocycles. The molecule has 0 spiro atoms. The van der Waals surface area contributed by atoms with Crippen molar-refractivity contribution in [3.8, 4) is 0 Å². The molecule has 2 aromatic heterocycles. The summed E-state index contributed by atoms with van der Waals surface area (Å²) >= 11 is 6.50. The minimum absolute atomic E-state index is 0.0891. The third-order valence-corrected chi connectivity index (χ3v) is 2.74. The van der Waals surface area contributed by atoms with E-state index in [1.165, 1.54) is 25.0 Å². The van der Waals surface area contributed by atoms with Gasteiger partial charge in [0.1, 0.15) is 24.0 Å². The van der Waals surface area contributed by atoms with Crippen LogP contribution in [0.5, 0.6) is 0 Å². The van der Waals surface area contributed by atoms with Gasteiger partial charge >= 0.3 is 0 Å². The molecule has 7 nitrogen and oxygen atoms in total. The van der Waals surface area contributed by atoms with Crippen LogP contribution in [0.2, 0.25) is 0 Å². The molecule has 0 unspecified atom stereocenters. The van der Waals surface area contributed by atoms with Crippen LogP contribution in [-0.4, -0.2) is 18.4 Å². The first-order chi connectivity index (χ1) is 9.63. The first-order valence-electron chi connectivity index (χ1n) is 5.28. The second-order valence-corrected chi connectivity index (χ2v) is 5.28. The molecule has 0 aliphatic carbocycles. The number of nitrogens with one attached hydrogen (secondary N) is 3. The molecule has 0 saturated heterocycles. The van der Waals surface area contributed by atoms with Crippen molar-refractivity contribution in [2.24, 2.45) is 10.2 Å². The van der Waals surface area contributed by atoms with E-state index < -0.39 is 0 Å². The van der Waals surface area contributed by atoms with Crippen LogP contribution in [-0.2, 0) is 0 Å². The van der Waals surface area contributed by atoms with E-state index in [9.17, 15) is 0 Å². The van der Waals surface area contributed by atoms with Gasteiger partial charge in [0.15, 0.2) is 0 Å². The normalized spacial score (nSPS) is 11.3. The third kappa shape index (κ3) is 4.67. The van der Waals surface area contributed by atoms with Crippen molar-refractivity contribution >= 4 is 50.2 Å². The summed E-state index contributed by atoms with van der Waals surface area (Å²) < 4.78 is 11.9. The second-order valence-electron chi connectivity index (χ2n) is 3.45. The Bertz CT molecular complexity index is 593. The van der Waals surface area contributed by atoms with Gasteiger partial charge in [-0.3, -0.25) is 5.41 Å². The van der Waals surface area contributed by atoms with Gasteiger partial charge < -0.3 is 8.83 Å². The monoisotopic (exact) mass is 401 g/mol. The fourth-order valence-corrected chi connectivity index (χ4v) is 1.78. The van der Waals surface area contributed by atoms with E-state index in [0.29, 0.717) is 11.5 Å². The van der Waals surface area contributed by atoms with Crippen molar-refractivity contribution < 1.29 is 8.83 Å². The highest BCUT2D eigenvalue weighted by Crippen LogP contribution is 2.12. The van der Waals surface area contributed by atoms with Crippen molar-refractivity contribution in [1.82, 2.24) is 10.9 Å². The lowest BCUT2D eigenvalue weighted by Gasteiger charge is -1.99. The molecule has 0 atom stereocenters. The Morgan fingerprint density at radius 2 is 1.45 bits per heavy atom. The van der Waals surface area contributed by atoms with Crippen molar-refractivity contribution in [2.45, 2.75) is 0 Å². The minimum atomic E-state index is -0.0891. The summed E-state index contributed by atoms with van der Waals surface area (Å²) in [5.41, 5.74) is 4.89. The van der Waals surface area contributed by atoms with Crippen molar-refractivity contribution in [3.63, 3.8) is 0 Å². The zero-order chi connectivity index (χ0) is 14.4. The van der Waals surface area contributed by atoms with Crippen LogP contribution in [0.25, 0.3) is 0 Å². The van der Waals surface area contributed by atoms with Crippen LogP contribution in [0.4, 0.5) is 0 Å². The number of furan rings is 2. The predicted molar refractivity (Wildman–Crippen MR) is 82.0 cm³/mol. The van der Waals surface area contributed by atoms with Gasteiger partial charge in [-0.1, -0.05) is 0 Å². The molecule has 0 fully saturated rings. The number of hydrogen-bond acceptors (Lipinski definition) is 5. The highest BCUT2D eigenvalue weighted by Gasteiger charge is 1.96. The molecule has 0 radical (unpaired) electrons. The zero-order valence-corrected chi connectivity index (χ0v) is 13.1. The molecule has 0 bridgehead atoms. The molecule has 2 rings (SSSR count). The number of halogens is 2. The summed E-state index contributed by atoms with van der Waals surface area (Å²) in [4.78, 5) is 0. The molecular weight excluding hydrogens is 394 g/mol. The molecule has 0 saturated carbocycles. The fourth-order valence-electron chi connectivity index (χ4n) is 1.14. The van der Waals surface area contributed by atoms with Crippen LogP contribution >= 0.6 is 31.9 Å². The quantitative estimate of drug-likeness (QED) is 0.416. The number of hydrazone groups is 2. The molecule has 0 aliphatic heterocycles. The van der Waals surface area contributed by atoms with E-state index >= 15 is 0 Å². The Kier molecular flexibility index (Phi) is 5.13. The molecule has 2 aromatic rings. The van der Waals surface area contributed by atoms with Gasteiger partial charge in [0.05, 0.1) is 21.4 Å². The first kappa shape index (κ1) is 14.5. The van der Waals surface area contributed by atoms with Gasteiger partial charge in [-0.05, 0) is 44.0 Å². The van der Waals surface area contributed by atoms with E-state index in [4.69, 9.17) is 14.2 Å². The molecular formula is C11H9Br2N5O2. The largest absolute Gasteiger partial charge is 0.462 e. The van der Waals surface area contributed by atoms with Crippen LogP contribution < -0.4 is 10.9 Å². The Hall–Kier alpha value is -1.87. The predicted octanol–water partition coefficient (Wildman–Crippen LogP) is 2.88. The molecule has 3 N–H and O–H groups in total. The Labute approximate surface area is 130 Å². The smallest absolute Gasteiger partial charge is 0.230 e. The molecule has 104 valence electrons. The van der Waals surface area contributed by atoms with Gasteiger partial charge in [0.25, 0.3) is 0 Å². The Morgan fingerprint density at radius 3 is 1.80 bits per heavy atom. The lowest BCUT2D eigenvalue weighted by atomic mass is 10.5. The Morgan fingerprint density at radius 1 is 1.00 bits per heavy atom. The van der Waals surface area contributed by atoms with Crippen LogP contribution in [0.15, 0.2) is 52.6 Å². The summed E-state index contributed by atoms with van der Waals surface area (Å²) in [7, 11) is 0. The summed E-state index contributed by atoms with van der Waals surface area (Å²) in [5, 5.41) is 15.1. The van der Waals surface area contributed by atoms with Gasteiger partial charge in [-0.25, -0.2) is 10.9 Å². The lowest BCUT2D eigenvalue weighted by molar-refractivity contribution is 0.558. The lowest BCUT2D eigenvalue weighted by Crippen LogP contribution is -2.29. The Balaban J connectivity index is 1.75. The van der Waals surface area contributed by atoms with E-state index in [2.05, 4.69) is 52.9 Å². The maximum absolute atomic E-state index is 7.50. The average molecular weight is 403 g/mol. The number of hydrogen-bond donors (Lipinski definition) is 3. The third-order valence-electron chi connectivity index (χ3n) is 1.91. The zero-order valence-electron chi connectivity index (χ0n) is 9.93. The van der Waals surface area contributed by atoms with Crippen LogP contribution in [0, 0.1) is 5.41 Å². The maximum atomic E-state index is 7.50. The molecule has 0 amide bonds. The summed E-state index contributed by atoms with van der Waals surface area (Å²) in [6, 6.07) is 3.49. The van der Waals surface area contributed by atoms with E-state index in [1.54, 1.807) is 12.1 Å². The number of nitrogens with zero attached hydrogens (tertiary/aromatic N) is 2. The minimum Gasteiger partial charge on any atom is -0.462 e. The summed E-state index contributed by atoms with van der Waals surface area (Å²) in [6.45, 7) is 0. The summed E-state index contributed by atoms with van der Waals surface area (Å²) in [6.07, 6.45) is 5.95. The molecule has 2 heterocycles. The van der Waals surface area contributed by atoms with E-state index in [1.807, 2.05) is 0 Å². The van der Waals surface area contributed by atoms with E-state index in [0.717, 1.165) is 8.95 Å². The van der Waals surface area contributed by atoms with Gasteiger partial charge in [0.2, 0.25) is 5.96 Å². The van der Waals surface area contributed by atoms with Crippen molar-refractivity contribution in [2.75, 3.05) is 0 Å². The SMILES string of the molecule is N=C(N/N=C/c1cc(Br)co1)N/N=C/c1cc(Br)co1. The number of rotatable bonds is 4. The molecule has 20 heavy (non-hydrogen) atoms. The standard InChI is InChI=1S/C11H9Br2N5O2/c12-7-1-9(19-5-7)3-15-17-11(14)18-16-4-10-2-8(13)6-20-10/h1-6H,(H3,14,17,18)/b15-3+,16-4+. The highest BCUT2D eigenvalue weighted by atomic mass is 79.9.